The Labute approximate surface area is 161 Å². The fraction of sp³-hybridized carbons (Fsp3) is 0.391. The molecule has 140 valence electrons. The average Bonchev–Trinajstić information content (AvgIpc) is 2.59. The standard InChI is InChI=1S/C23H33NOSi/c1-8-24(9-2)26(20-16-14-19(15-17-20)18(3)4)22-13-11-10-12-21(22)25-23(5,6)7/h10-17,26H,3,8-9H2,1-2,4-7H3. The van der Waals surface area contributed by atoms with Crippen molar-refractivity contribution >= 4 is 24.9 Å². The number of hydrogen-bond acceptors (Lipinski definition) is 2. The van der Waals surface area contributed by atoms with Crippen LogP contribution in [0.5, 0.6) is 5.75 Å². The third-order valence-corrected chi connectivity index (χ3v) is 8.07. The van der Waals surface area contributed by atoms with Gasteiger partial charge in [-0.2, -0.15) is 0 Å². The van der Waals surface area contributed by atoms with Crippen molar-refractivity contribution in [2.45, 2.75) is 47.1 Å². The molecule has 2 aromatic rings. The van der Waals surface area contributed by atoms with Gasteiger partial charge in [-0.05, 0) is 62.8 Å². The summed E-state index contributed by atoms with van der Waals surface area (Å²) < 4.78 is 8.94. The van der Waals surface area contributed by atoms with Crippen molar-refractivity contribution in [1.29, 1.82) is 0 Å². The lowest BCUT2D eigenvalue weighted by Crippen LogP contribution is -2.57. The van der Waals surface area contributed by atoms with Gasteiger partial charge in [-0.15, -0.1) is 0 Å². The third kappa shape index (κ3) is 5.09. The van der Waals surface area contributed by atoms with Crippen molar-refractivity contribution in [3.05, 3.63) is 60.7 Å². The highest BCUT2D eigenvalue weighted by Gasteiger charge is 2.27. The third-order valence-electron chi connectivity index (χ3n) is 4.53. The van der Waals surface area contributed by atoms with Crippen LogP contribution in [0.15, 0.2) is 55.1 Å². The van der Waals surface area contributed by atoms with Gasteiger partial charge >= 0.3 is 0 Å². The van der Waals surface area contributed by atoms with E-state index in [1.165, 1.54) is 15.9 Å². The summed E-state index contributed by atoms with van der Waals surface area (Å²) in [6.45, 7) is 19.0. The number of allylic oxidation sites excluding steroid dienone is 1. The van der Waals surface area contributed by atoms with E-state index in [0.29, 0.717) is 0 Å². The largest absolute Gasteiger partial charge is 0.488 e. The maximum Gasteiger partial charge on any atom is 0.180 e. The van der Waals surface area contributed by atoms with Crippen LogP contribution in [0, 0.1) is 0 Å². The molecule has 1 atom stereocenters. The lowest BCUT2D eigenvalue weighted by Gasteiger charge is -2.32. The van der Waals surface area contributed by atoms with Crippen LogP contribution < -0.4 is 15.1 Å². The van der Waals surface area contributed by atoms with Crippen LogP contribution in [0.4, 0.5) is 0 Å². The Bertz CT molecular complexity index is 727. The van der Waals surface area contributed by atoms with Crippen LogP contribution in [0.1, 0.15) is 47.1 Å². The number of hydrogen-bond donors (Lipinski definition) is 0. The van der Waals surface area contributed by atoms with Gasteiger partial charge in [-0.25, -0.2) is 0 Å². The molecule has 0 amide bonds. The lowest BCUT2D eigenvalue weighted by atomic mass is 10.1. The van der Waals surface area contributed by atoms with E-state index in [0.717, 1.165) is 24.4 Å². The SMILES string of the molecule is C=C(C)c1ccc([SiH](c2ccccc2OC(C)(C)C)N(CC)CC)cc1. The first kappa shape index (κ1) is 20.5. The second-order valence-corrected chi connectivity index (χ2v) is 10.6. The van der Waals surface area contributed by atoms with E-state index in [1.54, 1.807) is 0 Å². The minimum Gasteiger partial charge on any atom is -0.488 e. The summed E-state index contributed by atoms with van der Waals surface area (Å²) >= 11 is 0. The Morgan fingerprint density at radius 1 is 1.00 bits per heavy atom. The van der Waals surface area contributed by atoms with Crippen molar-refractivity contribution in [2.24, 2.45) is 0 Å². The predicted octanol–water partition coefficient (Wildman–Crippen LogP) is 4.08. The van der Waals surface area contributed by atoms with Crippen molar-refractivity contribution < 1.29 is 4.74 Å². The second-order valence-electron chi connectivity index (χ2n) is 7.78. The summed E-state index contributed by atoms with van der Waals surface area (Å²) in [5, 5.41) is 2.78. The second kappa shape index (κ2) is 8.70. The Balaban J connectivity index is 2.54. The van der Waals surface area contributed by atoms with Crippen molar-refractivity contribution in [3.63, 3.8) is 0 Å². The van der Waals surface area contributed by atoms with Crippen LogP contribution in [-0.4, -0.2) is 32.2 Å². The molecule has 0 aliphatic heterocycles. The van der Waals surface area contributed by atoms with E-state index in [9.17, 15) is 0 Å². The summed E-state index contributed by atoms with van der Waals surface area (Å²) in [5.74, 6) is 1.02. The van der Waals surface area contributed by atoms with Gasteiger partial charge in [0.25, 0.3) is 0 Å². The maximum atomic E-state index is 6.33. The fourth-order valence-corrected chi connectivity index (χ4v) is 6.43. The van der Waals surface area contributed by atoms with E-state index in [1.807, 2.05) is 0 Å². The van der Waals surface area contributed by atoms with E-state index in [4.69, 9.17) is 4.74 Å². The molecule has 0 fully saturated rings. The number of rotatable bonds is 7. The summed E-state index contributed by atoms with van der Waals surface area (Å²) in [6, 6.07) is 17.6. The summed E-state index contributed by atoms with van der Waals surface area (Å²) in [7, 11) is -1.57. The minimum absolute atomic E-state index is 0.206. The molecular formula is C23H33NOSi. The number of para-hydroxylation sites is 1. The molecule has 0 aliphatic rings. The monoisotopic (exact) mass is 367 g/mol. The molecule has 0 bridgehead atoms. The first-order valence-electron chi connectivity index (χ1n) is 9.54. The molecule has 1 unspecified atom stereocenters. The van der Waals surface area contributed by atoms with Crippen molar-refractivity contribution in [3.8, 4) is 5.75 Å². The molecular weight excluding hydrogens is 334 g/mol. The van der Waals surface area contributed by atoms with Gasteiger partial charge in [-0.1, -0.05) is 68.5 Å². The highest BCUT2D eigenvalue weighted by molar-refractivity contribution is 6.83. The molecule has 3 heteroatoms. The molecule has 0 heterocycles. The molecule has 26 heavy (non-hydrogen) atoms. The van der Waals surface area contributed by atoms with E-state index >= 15 is 0 Å². The average molecular weight is 368 g/mol. The summed E-state index contributed by atoms with van der Waals surface area (Å²) in [6.07, 6.45) is 0. The van der Waals surface area contributed by atoms with E-state index < -0.39 is 8.96 Å². The molecule has 2 aromatic carbocycles. The summed E-state index contributed by atoms with van der Waals surface area (Å²) in [4.78, 5) is 0. The van der Waals surface area contributed by atoms with Gasteiger partial charge in [0.2, 0.25) is 0 Å². The van der Waals surface area contributed by atoms with Gasteiger partial charge in [0, 0.05) is 0 Å². The van der Waals surface area contributed by atoms with Crippen LogP contribution in [0.25, 0.3) is 5.57 Å². The van der Waals surface area contributed by atoms with E-state index in [-0.39, 0.29) is 5.60 Å². The maximum absolute atomic E-state index is 6.33. The number of nitrogens with zero attached hydrogens (tertiary/aromatic N) is 1. The molecule has 0 saturated carbocycles. The first-order chi connectivity index (χ1) is 12.3. The zero-order valence-electron chi connectivity index (χ0n) is 17.2. The van der Waals surface area contributed by atoms with Crippen LogP contribution in [0.3, 0.4) is 0 Å². The van der Waals surface area contributed by atoms with Crippen LogP contribution >= 0.6 is 0 Å². The molecule has 0 N–H and O–H groups in total. The highest BCUT2D eigenvalue weighted by Crippen LogP contribution is 2.18. The Hall–Kier alpha value is -1.84. The molecule has 0 aromatic heterocycles. The van der Waals surface area contributed by atoms with Gasteiger partial charge in [0.05, 0.1) is 0 Å². The van der Waals surface area contributed by atoms with E-state index in [2.05, 4.69) is 101 Å². The zero-order valence-corrected chi connectivity index (χ0v) is 18.3. The molecule has 0 radical (unpaired) electrons. The minimum atomic E-state index is -1.57. The number of ether oxygens (including phenoxy) is 1. The molecule has 2 rings (SSSR count). The van der Waals surface area contributed by atoms with Gasteiger partial charge in [0.15, 0.2) is 8.96 Å². The first-order valence-corrected chi connectivity index (χ1v) is 11.2. The molecule has 0 spiro atoms. The smallest absolute Gasteiger partial charge is 0.180 e. The molecule has 0 saturated heterocycles. The highest BCUT2D eigenvalue weighted by atomic mass is 28.3. The van der Waals surface area contributed by atoms with Crippen molar-refractivity contribution in [1.82, 2.24) is 4.57 Å². The van der Waals surface area contributed by atoms with Gasteiger partial charge < -0.3 is 9.30 Å². The normalized spacial score (nSPS) is 12.9. The van der Waals surface area contributed by atoms with Crippen molar-refractivity contribution in [2.75, 3.05) is 13.1 Å². The Morgan fingerprint density at radius 2 is 1.58 bits per heavy atom. The molecule has 2 nitrogen and oxygen atoms in total. The summed E-state index contributed by atoms with van der Waals surface area (Å²) in [5.41, 5.74) is 2.11. The topological polar surface area (TPSA) is 12.5 Å². The fourth-order valence-electron chi connectivity index (χ4n) is 3.26. The lowest BCUT2D eigenvalue weighted by molar-refractivity contribution is 0.132. The van der Waals surface area contributed by atoms with Gasteiger partial charge in [-0.3, -0.25) is 0 Å². The van der Waals surface area contributed by atoms with Crippen LogP contribution in [-0.2, 0) is 0 Å². The Kier molecular flexibility index (Phi) is 6.85. The number of benzene rings is 2. The zero-order chi connectivity index (χ0) is 19.3. The predicted molar refractivity (Wildman–Crippen MR) is 117 cm³/mol. The van der Waals surface area contributed by atoms with Crippen LogP contribution in [0.2, 0.25) is 0 Å². The molecule has 0 aliphatic carbocycles. The quantitative estimate of drug-likeness (QED) is 0.684. The van der Waals surface area contributed by atoms with Gasteiger partial charge in [0.1, 0.15) is 11.4 Å². The Morgan fingerprint density at radius 3 is 2.08 bits per heavy atom.